The average Bonchev–Trinajstić information content (AvgIpc) is 2.55. The number of rotatable bonds is 2. The maximum atomic E-state index is 9.60. The van der Waals surface area contributed by atoms with Crippen molar-refractivity contribution >= 4 is 26.7 Å². The lowest BCUT2D eigenvalue weighted by Crippen LogP contribution is -1.93. The summed E-state index contributed by atoms with van der Waals surface area (Å²) in [5.41, 5.74) is 7.70. The Morgan fingerprint density at radius 2 is 2.27 bits per heavy atom. The van der Waals surface area contributed by atoms with Crippen molar-refractivity contribution in [3.05, 3.63) is 17.7 Å². The normalized spacial score (nSPS) is 13.2. The van der Waals surface area contributed by atoms with Crippen LogP contribution in [0.25, 0.3) is 10.2 Å². The number of hydrogen-bond acceptors (Lipinski definition) is 4. The molecule has 0 saturated heterocycles. The van der Waals surface area contributed by atoms with E-state index in [1.54, 1.807) is 12.1 Å². The molecule has 0 spiro atoms. The van der Waals surface area contributed by atoms with Crippen LogP contribution in [0.2, 0.25) is 0 Å². The predicted molar refractivity (Wildman–Crippen MR) is 64.4 cm³/mol. The van der Waals surface area contributed by atoms with Crippen LogP contribution in [0, 0.1) is 0 Å². The highest BCUT2D eigenvalue weighted by Crippen LogP contribution is 2.34. The summed E-state index contributed by atoms with van der Waals surface area (Å²) in [7, 11) is 0. The molecule has 0 aliphatic carbocycles. The van der Waals surface area contributed by atoms with E-state index in [0.717, 1.165) is 22.2 Å². The molecule has 3 nitrogen and oxygen atoms in total. The lowest BCUT2D eigenvalue weighted by molar-refractivity contribution is 0.475. The first-order valence-corrected chi connectivity index (χ1v) is 5.82. The topological polar surface area (TPSA) is 59.1 Å². The first-order chi connectivity index (χ1) is 7.11. The average molecular weight is 222 g/mol. The number of nitrogens with zero attached hydrogens (tertiary/aromatic N) is 1. The second kappa shape index (κ2) is 3.70. The zero-order valence-electron chi connectivity index (χ0n) is 8.82. The van der Waals surface area contributed by atoms with Crippen molar-refractivity contribution in [1.29, 1.82) is 0 Å². The van der Waals surface area contributed by atoms with Crippen LogP contribution >= 0.6 is 11.3 Å². The Morgan fingerprint density at radius 3 is 2.93 bits per heavy atom. The third kappa shape index (κ3) is 1.77. The Bertz CT molecular complexity index is 493. The van der Waals surface area contributed by atoms with E-state index in [4.69, 9.17) is 5.73 Å². The SMILES string of the molecule is CCC(C)c1cc(O)cc2sc(N)nc12. The van der Waals surface area contributed by atoms with Crippen molar-refractivity contribution in [1.82, 2.24) is 4.98 Å². The molecule has 0 bridgehead atoms. The van der Waals surface area contributed by atoms with E-state index in [-0.39, 0.29) is 0 Å². The van der Waals surface area contributed by atoms with Crippen LogP contribution in [0.1, 0.15) is 31.7 Å². The van der Waals surface area contributed by atoms with Crippen molar-refractivity contribution in [3.8, 4) is 5.75 Å². The standard InChI is InChI=1S/C11H14N2OS/c1-3-6(2)8-4-7(14)5-9-10(8)13-11(12)15-9/h4-6,14H,3H2,1-2H3,(H2,12,13). The molecule has 0 fully saturated rings. The number of phenols is 1. The van der Waals surface area contributed by atoms with E-state index in [2.05, 4.69) is 18.8 Å². The molecule has 1 unspecified atom stereocenters. The molecule has 0 saturated carbocycles. The van der Waals surface area contributed by atoms with Crippen LogP contribution < -0.4 is 5.73 Å². The van der Waals surface area contributed by atoms with E-state index in [0.29, 0.717) is 16.8 Å². The number of fused-ring (bicyclic) bond motifs is 1. The summed E-state index contributed by atoms with van der Waals surface area (Å²) in [5, 5.41) is 10.2. The second-order valence-corrected chi connectivity index (χ2v) is 4.81. The number of aromatic hydroxyl groups is 1. The number of thiazole rings is 1. The molecule has 0 aliphatic heterocycles. The minimum Gasteiger partial charge on any atom is -0.508 e. The fourth-order valence-corrected chi connectivity index (χ4v) is 2.46. The zero-order chi connectivity index (χ0) is 11.0. The number of hydrogen-bond donors (Lipinski definition) is 2. The van der Waals surface area contributed by atoms with Gasteiger partial charge in [-0.25, -0.2) is 4.98 Å². The highest BCUT2D eigenvalue weighted by atomic mass is 32.1. The van der Waals surface area contributed by atoms with Crippen LogP contribution in [-0.2, 0) is 0 Å². The highest BCUT2D eigenvalue weighted by Gasteiger charge is 2.13. The number of benzene rings is 1. The molecule has 1 heterocycles. The van der Waals surface area contributed by atoms with Gasteiger partial charge in [-0.05, 0) is 30.0 Å². The molecule has 0 amide bonds. The first kappa shape index (κ1) is 10.2. The fraction of sp³-hybridized carbons (Fsp3) is 0.364. The van der Waals surface area contributed by atoms with Gasteiger partial charge < -0.3 is 10.8 Å². The predicted octanol–water partition coefficient (Wildman–Crippen LogP) is 3.10. The number of anilines is 1. The Balaban J connectivity index is 2.70. The Kier molecular flexibility index (Phi) is 2.52. The summed E-state index contributed by atoms with van der Waals surface area (Å²) in [6.07, 6.45) is 1.02. The zero-order valence-corrected chi connectivity index (χ0v) is 9.64. The summed E-state index contributed by atoms with van der Waals surface area (Å²) < 4.78 is 0.961. The molecule has 0 radical (unpaired) electrons. The van der Waals surface area contributed by atoms with Crippen LogP contribution in [0.3, 0.4) is 0 Å². The molecule has 1 aromatic carbocycles. The minimum atomic E-state index is 0.293. The van der Waals surface area contributed by atoms with Gasteiger partial charge >= 0.3 is 0 Å². The van der Waals surface area contributed by atoms with Gasteiger partial charge in [0.1, 0.15) is 5.75 Å². The van der Waals surface area contributed by atoms with E-state index in [1.165, 1.54) is 11.3 Å². The number of nitrogen functional groups attached to an aromatic ring is 1. The molecule has 4 heteroatoms. The molecular weight excluding hydrogens is 208 g/mol. The minimum absolute atomic E-state index is 0.293. The molecule has 2 aromatic rings. The van der Waals surface area contributed by atoms with Crippen molar-refractivity contribution < 1.29 is 5.11 Å². The van der Waals surface area contributed by atoms with E-state index in [1.807, 2.05) is 0 Å². The maximum Gasteiger partial charge on any atom is 0.181 e. The van der Waals surface area contributed by atoms with Crippen LogP contribution in [0.15, 0.2) is 12.1 Å². The Labute approximate surface area is 92.6 Å². The van der Waals surface area contributed by atoms with E-state index < -0.39 is 0 Å². The highest BCUT2D eigenvalue weighted by molar-refractivity contribution is 7.22. The summed E-state index contributed by atoms with van der Waals surface area (Å²) in [5.74, 6) is 0.683. The third-order valence-electron chi connectivity index (χ3n) is 2.67. The molecule has 1 aromatic heterocycles. The number of aromatic nitrogens is 1. The molecule has 2 rings (SSSR count). The first-order valence-electron chi connectivity index (χ1n) is 5.00. The van der Waals surface area contributed by atoms with Crippen molar-refractivity contribution in [2.75, 3.05) is 5.73 Å². The molecule has 15 heavy (non-hydrogen) atoms. The number of phenolic OH excluding ortho intramolecular Hbond substituents is 1. The van der Waals surface area contributed by atoms with Gasteiger partial charge in [-0.3, -0.25) is 0 Å². The van der Waals surface area contributed by atoms with Crippen molar-refractivity contribution in [2.24, 2.45) is 0 Å². The van der Waals surface area contributed by atoms with E-state index >= 15 is 0 Å². The molecule has 1 atom stereocenters. The fourth-order valence-electron chi connectivity index (χ4n) is 1.65. The van der Waals surface area contributed by atoms with Crippen LogP contribution in [0.4, 0.5) is 5.13 Å². The van der Waals surface area contributed by atoms with Gasteiger partial charge in [-0.1, -0.05) is 25.2 Å². The van der Waals surface area contributed by atoms with Gasteiger partial charge in [0.05, 0.1) is 10.2 Å². The number of nitrogens with two attached hydrogens (primary N) is 1. The maximum absolute atomic E-state index is 9.60. The molecule has 3 N–H and O–H groups in total. The van der Waals surface area contributed by atoms with Crippen molar-refractivity contribution in [3.63, 3.8) is 0 Å². The summed E-state index contributed by atoms with van der Waals surface area (Å²) in [6, 6.07) is 3.50. The molecule has 0 aliphatic rings. The third-order valence-corrected chi connectivity index (χ3v) is 3.50. The van der Waals surface area contributed by atoms with E-state index in [9.17, 15) is 5.11 Å². The van der Waals surface area contributed by atoms with Crippen LogP contribution in [0.5, 0.6) is 5.75 Å². The van der Waals surface area contributed by atoms with Gasteiger partial charge in [-0.2, -0.15) is 0 Å². The second-order valence-electron chi connectivity index (χ2n) is 3.74. The van der Waals surface area contributed by atoms with Gasteiger partial charge in [0, 0.05) is 0 Å². The van der Waals surface area contributed by atoms with Gasteiger partial charge in [0.25, 0.3) is 0 Å². The smallest absolute Gasteiger partial charge is 0.181 e. The van der Waals surface area contributed by atoms with Crippen LogP contribution in [-0.4, -0.2) is 10.1 Å². The van der Waals surface area contributed by atoms with Crippen molar-refractivity contribution in [2.45, 2.75) is 26.2 Å². The summed E-state index contributed by atoms with van der Waals surface area (Å²) in [6.45, 7) is 4.25. The van der Waals surface area contributed by atoms with Gasteiger partial charge in [0.15, 0.2) is 5.13 Å². The molecular formula is C11H14N2OS. The largest absolute Gasteiger partial charge is 0.508 e. The monoisotopic (exact) mass is 222 g/mol. The quantitative estimate of drug-likeness (QED) is 0.820. The van der Waals surface area contributed by atoms with Gasteiger partial charge in [0.2, 0.25) is 0 Å². The Hall–Kier alpha value is -1.29. The van der Waals surface area contributed by atoms with Gasteiger partial charge in [-0.15, -0.1) is 0 Å². The lowest BCUT2D eigenvalue weighted by Gasteiger charge is -2.09. The summed E-state index contributed by atoms with van der Waals surface area (Å²) in [4.78, 5) is 4.31. The molecule has 80 valence electrons. The lowest BCUT2D eigenvalue weighted by atomic mass is 9.97. The summed E-state index contributed by atoms with van der Waals surface area (Å²) >= 11 is 1.42. The Morgan fingerprint density at radius 1 is 1.53 bits per heavy atom.